The standard InChI is InChI=1S/C28H34FN3O2/c1-19-6-4-3-5-7-25(19)26-18-21(9-8-20(26)2)27(33)30-24-14-16-32(17-15-24)28(34)31-23-12-10-22(29)11-13-23/h8-13,18,24H,3-7,14-17H2,1-2H3,(H,30,33)(H,31,34). The molecule has 0 saturated carbocycles. The molecule has 1 heterocycles. The van der Waals surface area contributed by atoms with Crippen LogP contribution in [0.1, 0.15) is 73.4 Å². The number of hydrogen-bond acceptors (Lipinski definition) is 2. The molecule has 2 aromatic rings. The van der Waals surface area contributed by atoms with Crippen LogP contribution in [0, 0.1) is 12.7 Å². The van der Waals surface area contributed by atoms with E-state index in [2.05, 4.69) is 36.6 Å². The van der Waals surface area contributed by atoms with Crippen LogP contribution in [0.15, 0.2) is 48.0 Å². The van der Waals surface area contributed by atoms with Gasteiger partial charge >= 0.3 is 6.03 Å². The zero-order valence-electron chi connectivity index (χ0n) is 20.1. The number of amides is 3. The Labute approximate surface area is 201 Å². The molecule has 1 fully saturated rings. The Balaban J connectivity index is 1.34. The lowest BCUT2D eigenvalue weighted by Gasteiger charge is -2.32. The highest BCUT2D eigenvalue weighted by atomic mass is 19.1. The molecule has 2 aliphatic rings. The third-order valence-electron chi connectivity index (χ3n) is 7.03. The van der Waals surface area contributed by atoms with Gasteiger partial charge in [0.15, 0.2) is 0 Å². The number of nitrogens with one attached hydrogen (secondary N) is 2. The summed E-state index contributed by atoms with van der Waals surface area (Å²) in [5.41, 5.74) is 6.54. The number of carbonyl (C=O) groups is 2. The summed E-state index contributed by atoms with van der Waals surface area (Å²) in [6, 6.07) is 11.6. The van der Waals surface area contributed by atoms with Gasteiger partial charge in [0.2, 0.25) is 0 Å². The zero-order chi connectivity index (χ0) is 24.1. The summed E-state index contributed by atoms with van der Waals surface area (Å²) < 4.78 is 13.1. The van der Waals surface area contributed by atoms with Gasteiger partial charge in [-0.05, 0) is 105 Å². The first-order valence-electron chi connectivity index (χ1n) is 12.3. The van der Waals surface area contributed by atoms with E-state index in [1.54, 1.807) is 17.0 Å². The lowest BCUT2D eigenvalue weighted by atomic mass is 9.91. The van der Waals surface area contributed by atoms with E-state index in [1.807, 2.05) is 6.07 Å². The van der Waals surface area contributed by atoms with Crippen molar-refractivity contribution in [3.8, 4) is 0 Å². The number of anilines is 1. The molecule has 0 atom stereocenters. The second-order valence-corrected chi connectivity index (χ2v) is 9.52. The van der Waals surface area contributed by atoms with Crippen LogP contribution in [-0.2, 0) is 0 Å². The Kier molecular flexibility index (Phi) is 7.66. The molecule has 180 valence electrons. The van der Waals surface area contributed by atoms with Gasteiger partial charge in [0.1, 0.15) is 5.82 Å². The number of halogens is 1. The van der Waals surface area contributed by atoms with E-state index in [1.165, 1.54) is 53.7 Å². The minimum absolute atomic E-state index is 0.0333. The maximum Gasteiger partial charge on any atom is 0.321 e. The summed E-state index contributed by atoms with van der Waals surface area (Å²) in [4.78, 5) is 27.3. The maximum absolute atomic E-state index is 13.1. The van der Waals surface area contributed by atoms with Gasteiger partial charge < -0.3 is 15.5 Å². The molecule has 5 nitrogen and oxygen atoms in total. The molecule has 4 rings (SSSR count). The van der Waals surface area contributed by atoms with Crippen molar-refractivity contribution in [3.05, 3.63) is 70.5 Å². The predicted octanol–water partition coefficient (Wildman–Crippen LogP) is 6.30. The van der Waals surface area contributed by atoms with Crippen molar-refractivity contribution in [2.45, 2.75) is 64.8 Å². The molecule has 0 bridgehead atoms. The third-order valence-corrected chi connectivity index (χ3v) is 7.03. The SMILES string of the molecule is CC1=C(c2cc(C(=O)NC3CCN(C(=O)Nc4ccc(F)cc4)CC3)ccc2C)CCCCC1. The molecule has 1 saturated heterocycles. The first-order chi connectivity index (χ1) is 16.4. The molecule has 0 unspecified atom stereocenters. The molecule has 0 radical (unpaired) electrons. The molecule has 34 heavy (non-hydrogen) atoms. The second-order valence-electron chi connectivity index (χ2n) is 9.52. The van der Waals surface area contributed by atoms with Gasteiger partial charge in [0, 0.05) is 30.4 Å². The van der Waals surface area contributed by atoms with E-state index >= 15 is 0 Å². The zero-order valence-corrected chi connectivity index (χ0v) is 20.1. The average molecular weight is 464 g/mol. The number of allylic oxidation sites excluding steroid dienone is 2. The van der Waals surface area contributed by atoms with E-state index in [9.17, 15) is 14.0 Å². The van der Waals surface area contributed by atoms with Gasteiger partial charge in [-0.3, -0.25) is 4.79 Å². The topological polar surface area (TPSA) is 61.4 Å². The summed E-state index contributed by atoms with van der Waals surface area (Å²) in [6.07, 6.45) is 7.33. The van der Waals surface area contributed by atoms with Gasteiger partial charge in [0.05, 0.1) is 0 Å². The number of piperidine rings is 1. The van der Waals surface area contributed by atoms with Crippen LogP contribution >= 0.6 is 0 Å². The predicted molar refractivity (Wildman–Crippen MR) is 134 cm³/mol. The lowest BCUT2D eigenvalue weighted by Crippen LogP contribution is -2.47. The highest BCUT2D eigenvalue weighted by Gasteiger charge is 2.24. The number of likely N-dealkylation sites (tertiary alicyclic amines) is 1. The van der Waals surface area contributed by atoms with Gasteiger partial charge in [-0.2, -0.15) is 0 Å². The van der Waals surface area contributed by atoms with Crippen LogP contribution in [0.25, 0.3) is 5.57 Å². The van der Waals surface area contributed by atoms with Crippen molar-refractivity contribution in [2.75, 3.05) is 18.4 Å². The number of aryl methyl sites for hydroxylation is 1. The molecule has 0 aromatic heterocycles. The van der Waals surface area contributed by atoms with E-state index in [4.69, 9.17) is 0 Å². The smallest absolute Gasteiger partial charge is 0.321 e. The number of benzene rings is 2. The number of rotatable bonds is 4. The van der Waals surface area contributed by atoms with Crippen molar-refractivity contribution in [1.29, 1.82) is 0 Å². The number of hydrogen-bond donors (Lipinski definition) is 2. The molecular formula is C28H34FN3O2. The van der Waals surface area contributed by atoms with Crippen molar-refractivity contribution in [1.82, 2.24) is 10.2 Å². The van der Waals surface area contributed by atoms with Gasteiger partial charge in [-0.25, -0.2) is 9.18 Å². The Morgan fingerprint density at radius 3 is 2.38 bits per heavy atom. The number of urea groups is 1. The number of nitrogens with zero attached hydrogens (tertiary/aromatic N) is 1. The molecule has 0 spiro atoms. The summed E-state index contributed by atoms with van der Waals surface area (Å²) in [7, 11) is 0. The van der Waals surface area contributed by atoms with Crippen molar-refractivity contribution >= 4 is 23.2 Å². The Bertz CT molecular complexity index is 1070. The molecule has 6 heteroatoms. The molecular weight excluding hydrogens is 429 g/mol. The number of carbonyl (C=O) groups excluding carboxylic acids is 2. The molecule has 1 aliphatic carbocycles. The fraction of sp³-hybridized carbons (Fsp3) is 0.429. The van der Waals surface area contributed by atoms with E-state index < -0.39 is 0 Å². The molecule has 1 aliphatic heterocycles. The van der Waals surface area contributed by atoms with Crippen LogP contribution in [-0.4, -0.2) is 36.0 Å². The summed E-state index contributed by atoms with van der Waals surface area (Å²) in [6.45, 7) is 5.47. The first-order valence-corrected chi connectivity index (χ1v) is 12.3. The van der Waals surface area contributed by atoms with Gasteiger partial charge in [-0.1, -0.05) is 18.1 Å². The normalized spacial score (nSPS) is 17.3. The van der Waals surface area contributed by atoms with Crippen molar-refractivity contribution in [3.63, 3.8) is 0 Å². The first kappa shape index (κ1) is 24.0. The molecule has 2 N–H and O–H groups in total. The van der Waals surface area contributed by atoms with Crippen LogP contribution in [0.3, 0.4) is 0 Å². The van der Waals surface area contributed by atoms with Crippen LogP contribution < -0.4 is 10.6 Å². The highest BCUT2D eigenvalue weighted by molar-refractivity contribution is 5.95. The Morgan fingerprint density at radius 1 is 0.941 bits per heavy atom. The van der Waals surface area contributed by atoms with Crippen molar-refractivity contribution < 1.29 is 14.0 Å². The van der Waals surface area contributed by atoms with E-state index in [0.717, 1.165) is 12.8 Å². The van der Waals surface area contributed by atoms with Crippen LogP contribution in [0.5, 0.6) is 0 Å². The summed E-state index contributed by atoms with van der Waals surface area (Å²) in [5.74, 6) is -0.390. The average Bonchev–Trinajstić information content (AvgIpc) is 3.05. The molecule has 2 aromatic carbocycles. The van der Waals surface area contributed by atoms with Crippen LogP contribution in [0.2, 0.25) is 0 Å². The fourth-order valence-corrected chi connectivity index (χ4v) is 4.92. The van der Waals surface area contributed by atoms with E-state index in [0.29, 0.717) is 37.2 Å². The largest absolute Gasteiger partial charge is 0.349 e. The lowest BCUT2D eigenvalue weighted by molar-refractivity contribution is 0.0919. The monoisotopic (exact) mass is 463 g/mol. The van der Waals surface area contributed by atoms with Crippen LogP contribution in [0.4, 0.5) is 14.9 Å². The third kappa shape index (κ3) is 5.85. The van der Waals surface area contributed by atoms with Gasteiger partial charge in [0.25, 0.3) is 5.91 Å². The van der Waals surface area contributed by atoms with Crippen molar-refractivity contribution in [2.24, 2.45) is 0 Å². The highest BCUT2D eigenvalue weighted by Crippen LogP contribution is 2.33. The molecule has 3 amide bonds. The van der Waals surface area contributed by atoms with Gasteiger partial charge in [-0.15, -0.1) is 0 Å². The quantitative estimate of drug-likeness (QED) is 0.559. The Hall–Kier alpha value is -3.15. The summed E-state index contributed by atoms with van der Waals surface area (Å²) >= 11 is 0. The Morgan fingerprint density at radius 2 is 1.65 bits per heavy atom. The fourth-order valence-electron chi connectivity index (χ4n) is 4.92. The maximum atomic E-state index is 13.1. The minimum Gasteiger partial charge on any atom is -0.349 e. The second kappa shape index (κ2) is 10.9. The summed E-state index contributed by atoms with van der Waals surface area (Å²) in [5, 5.41) is 5.97. The van der Waals surface area contributed by atoms with E-state index in [-0.39, 0.29) is 23.8 Å². The minimum atomic E-state index is -0.337.